The molecule has 0 aliphatic carbocycles. The fourth-order valence-corrected chi connectivity index (χ4v) is 6.53. The highest BCUT2D eigenvalue weighted by atomic mass is 35.5. The van der Waals surface area contributed by atoms with E-state index in [1.807, 2.05) is 72.4 Å². The Hall–Kier alpha value is -3.87. The molecule has 0 spiro atoms. The molecule has 0 radical (unpaired) electrons. The summed E-state index contributed by atoms with van der Waals surface area (Å²) in [5.74, 6) is 0. The van der Waals surface area contributed by atoms with E-state index in [0.29, 0.717) is 42.9 Å². The first-order valence-corrected chi connectivity index (χ1v) is 16.4. The van der Waals surface area contributed by atoms with Gasteiger partial charge in [0.2, 0.25) is 0 Å². The molecule has 0 amide bonds. The molecule has 1 fully saturated rings. The molecule has 0 bridgehead atoms. The highest BCUT2D eigenvalue weighted by molar-refractivity contribution is 6.32. The second-order valence-electron chi connectivity index (χ2n) is 12.7. The molecule has 46 heavy (non-hydrogen) atoms. The van der Waals surface area contributed by atoms with Crippen molar-refractivity contribution in [3.63, 3.8) is 0 Å². The largest absolute Gasteiger partial charge is 0.371 e. The Morgan fingerprint density at radius 3 is 2.41 bits per heavy atom. The van der Waals surface area contributed by atoms with Gasteiger partial charge in [0.05, 0.1) is 40.7 Å². The van der Waals surface area contributed by atoms with Gasteiger partial charge in [0.25, 0.3) is 0 Å². The minimum absolute atomic E-state index is 0.145. The fourth-order valence-electron chi connectivity index (χ4n) is 6.02. The van der Waals surface area contributed by atoms with Gasteiger partial charge in [0, 0.05) is 51.0 Å². The maximum absolute atomic E-state index is 10.0. The van der Waals surface area contributed by atoms with E-state index >= 15 is 0 Å². The van der Waals surface area contributed by atoms with E-state index in [1.165, 1.54) is 0 Å². The van der Waals surface area contributed by atoms with Crippen molar-refractivity contribution in [1.29, 1.82) is 5.26 Å². The van der Waals surface area contributed by atoms with Crippen molar-refractivity contribution in [1.82, 2.24) is 24.9 Å². The summed E-state index contributed by atoms with van der Waals surface area (Å²) in [6.07, 6.45) is 5.61. The van der Waals surface area contributed by atoms with Crippen LogP contribution in [0, 0.1) is 18.3 Å². The Balaban J connectivity index is 1.38. The third-order valence-corrected chi connectivity index (χ3v) is 9.58. The molecular weight excluding hydrogens is 639 g/mol. The van der Waals surface area contributed by atoms with Gasteiger partial charge in [-0.05, 0) is 88.1 Å². The Morgan fingerprint density at radius 1 is 0.978 bits per heavy atom. The van der Waals surface area contributed by atoms with Gasteiger partial charge in [0.1, 0.15) is 11.8 Å². The van der Waals surface area contributed by atoms with Crippen molar-refractivity contribution in [2.24, 2.45) is 0 Å². The van der Waals surface area contributed by atoms with Crippen LogP contribution >= 0.6 is 34.8 Å². The first-order valence-electron chi connectivity index (χ1n) is 15.2. The number of anilines is 3. The first-order chi connectivity index (χ1) is 22.0. The average Bonchev–Trinajstić information content (AvgIpc) is 3.52. The van der Waals surface area contributed by atoms with Gasteiger partial charge in [0.15, 0.2) is 0 Å². The van der Waals surface area contributed by atoms with Gasteiger partial charge in [-0.3, -0.25) is 9.88 Å². The van der Waals surface area contributed by atoms with Gasteiger partial charge in [-0.15, -0.1) is 5.10 Å². The Bertz CT molecular complexity index is 1920. The summed E-state index contributed by atoms with van der Waals surface area (Å²) >= 11 is 19.4. The molecule has 6 rings (SSSR count). The zero-order valence-corrected chi connectivity index (χ0v) is 28.4. The highest BCUT2D eigenvalue weighted by Crippen LogP contribution is 2.39. The normalized spacial score (nSPS) is 15.1. The number of nitrogens with zero attached hydrogens (tertiary/aromatic N) is 6. The number of fused-ring (bicyclic) bond motifs is 1. The molecule has 0 saturated carbocycles. The number of nitrogens with one attached hydrogen (secondary N) is 2. The fraction of sp³-hybridized carbons (Fsp3) is 0.314. The summed E-state index contributed by atoms with van der Waals surface area (Å²) < 4.78 is 2.00. The summed E-state index contributed by atoms with van der Waals surface area (Å²) in [5.41, 5.74) is 5.82. The molecule has 2 N–H and O–H groups in total. The molecule has 11 heteroatoms. The van der Waals surface area contributed by atoms with Crippen molar-refractivity contribution < 1.29 is 0 Å². The molecule has 2 aromatic heterocycles. The van der Waals surface area contributed by atoms with Crippen LogP contribution in [0.2, 0.25) is 15.1 Å². The van der Waals surface area contributed by atoms with Crippen molar-refractivity contribution in [3.8, 4) is 6.07 Å². The lowest BCUT2D eigenvalue weighted by Crippen LogP contribution is -2.46. The lowest BCUT2D eigenvalue weighted by molar-refractivity contribution is 0.0866. The van der Waals surface area contributed by atoms with Crippen LogP contribution in [0.25, 0.3) is 10.9 Å². The summed E-state index contributed by atoms with van der Waals surface area (Å²) in [5, 5.41) is 28.8. The van der Waals surface area contributed by atoms with E-state index < -0.39 is 0 Å². The third-order valence-electron chi connectivity index (χ3n) is 8.70. The second-order valence-corrected chi connectivity index (χ2v) is 14.0. The highest BCUT2D eigenvalue weighted by Gasteiger charge is 2.29. The van der Waals surface area contributed by atoms with E-state index in [4.69, 9.17) is 39.8 Å². The first kappa shape index (κ1) is 32.1. The molecule has 3 aromatic carbocycles. The number of hydrogen-bond donors (Lipinski definition) is 2. The van der Waals surface area contributed by atoms with E-state index in [0.717, 1.165) is 48.4 Å². The van der Waals surface area contributed by atoms with Gasteiger partial charge in [-0.2, -0.15) is 5.26 Å². The molecular formula is C35H35Cl3N8. The number of likely N-dealkylation sites (tertiary alicyclic amines) is 1. The molecule has 1 aliphatic heterocycles. The minimum Gasteiger partial charge on any atom is -0.371 e. The third kappa shape index (κ3) is 6.65. The molecule has 236 valence electrons. The lowest BCUT2D eigenvalue weighted by atomic mass is 9.98. The summed E-state index contributed by atoms with van der Waals surface area (Å²) in [6, 6.07) is 19.1. The van der Waals surface area contributed by atoms with E-state index in [9.17, 15) is 5.26 Å². The van der Waals surface area contributed by atoms with Crippen LogP contribution in [0.15, 0.2) is 67.0 Å². The van der Waals surface area contributed by atoms with Crippen LogP contribution in [0.3, 0.4) is 0 Å². The number of pyridine rings is 1. The van der Waals surface area contributed by atoms with Crippen LogP contribution in [0.1, 0.15) is 68.1 Å². The van der Waals surface area contributed by atoms with Crippen LogP contribution in [-0.4, -0.2) is 43.5 Å². The number of rotatable bonds is 7. The van der Waals surface area contributed by atoms with Crippen LogP contribution in [0.4, 0.5) is 17.1 Å². The van der Waals surface area contributed by atoms with Gasteiger partial charge in [-0.25, -0.2) is 4.68 Å². The number of piperidine rings is 1. The predicted molar refractivity (Wildman–Crippen MR) is 187 cm³/mol. The molecule has 3 heterocycles. The monoisotopic (exact) mass is 672 g/mol. The predicted octanol–water partition coefficient (Wildman–Crippen LogP) is 9.35. The van der Waals surface area contributed by atoms with Crippen molar-refractivity contribution >= 4 is 62.8 Å². The van der Waals surface area contributed by atoms with Crippen LogP contribution in [-0.2, 0) is 0 Å². The molecule has 1 saturated heterocycles. The van der Waals surface area contributed by atoms with E-state index in [1.54, 1.807) is 6.20 Å². The Labute approximate surface area is 284 Å². The van der Waals surface area contributed by atoms with Crippen molar-refractivity contribution in [2.45, 2.75) is 58.2 Å². The number of nitriles is 1. The quantitative estimate of drug-likeness (QED) is 0.178. The number of benzene rings is 3. The van der Waals surface area contributed by atoms with E-state index in [2.05, 4.69) is 52.7 Å². The molecule has 5 aromatic rings. The molecule has 1 aliphatic rings. The van der Waals surface area contributed by atoms with Crippen LogP contribution < -0.4 is 10.6 Å². The Kier molecular flexibility index (Phi) is 9.13. The molecule has 1 atom stereocenters. The SMILES string of the molecule is Cc1c(Cl)cccc1Nc1c(C#N)cnc2c(N[C@@H](c3ccc(Cl)cc3)c3cn(C4CCN(C(C)(C)C)CC4)nn3)cc(Cl)cc12. The van der Waals surface area contributed by atoms with Gasteiger partial charge in [-0.1, -0.05) is 58.2 Å². The minimum atomic E-state index is -0.383. The Morgan fingerprint density at radius 2 is 1.72 bits per heavy atom. The number of aromatic nitrogens is 4. The molecule has 8 nitrogen and oxygen atoms in total. The maximum Gasteiger partial charge on any atom is 0.109 e. The van der Waals surface area contributed by atoms with Crippen LogP contribution in [0.5, 0.6) is 0 Å². The standard InChI is InChI=1S/C35H35Cl3N8/c1-21-28(38)6-5-7-29(21)41-32-23(18-39)19-40-34-27(32)16-25(37)17-30(34)42-33(22-8-10-24(36)11-9-22)31-20-46(44-43-31)26-12-14-45(15-13-26)35(2,3)4/h5-11,16-17,19-20,26,33,42H,12-15H2,1-4H3,(H,40,41)/t33-/m0/s1. The summed E-state index contributed by atoms with van der Waals surface area (Å²) in [6.45, 7) is 10.7. The van der Waals surface area contributed by atoms with Crippen molar-refractivity contribution in [2.75, 3.05) is 23.7 Å². The number of halogens is 3. The zero-order valence-electron chi connectivity index (χ0n) is 26.2. The summed E-state index contributed by atoms with van der Waals surface area (Å²) in [7, 11) is 0. The summed E-state index contributed by atoms with van der Waals surface area (Å²) in [4.78, 5) is 7.24. The number of hydrogen-bond acceptors (Lipinski definition) is 7. The average molecular weight is 674 g/mol. The maximum atomic E-state index is 10.0. The second kappa shape index (κ2) is 13.1. The van der Waals surface area contributed by atoms with Crippen molar-refractivity contribution in [3.05, 3.63) is 104 Å². The lowest BCUT2D eigenvalue weighted by Gasteiger charge is -2.40. The topological polar surface area (TPSA) is 94.7 Å². The van der Waals surface area contributed by atoms with E-state index in [-0.39, 0.29) is 17.6 Å². The zero-order chi connectivity index (χ0) is 32.6. The smallest absolute Gasteiger partial charge is 0.109 e. The van der Waals surface area contributed by atoms with Gasteiger partial charge < -0.3 is 10.6 Å². The molecule has 0 unspecified atom stereocenters. The van der Waals surface area contributed by atoms with Gasteiger partial charge >= 0.3 is 0 Å².